The number of carbonyl (C=O) groups excluding carboxylic acids is 1. The molecule has 1 amide bonds. The van der Waals surface area contributed by atoms with E-state index in [1.165, 1.54) is 17.0 Å². The van der Waals surface area contributed by atoms with E-state index in [4.69, 9.17) is 4.98 Å². The first-order valence-electron chi connectivity index (χ1n) is 7.88. The van der Waals surface area contributed by atoms with Crippen LogP contribution in [0.3, 0.4) is 0 Å². The van der Waals surface area contributed by atoms with Crippen molar-refractivity contribution in [2.24, 2.45) is 0 Å². The normalized spacial score (nSPS) is 15.7. The molecule has 0 N–H and O–H groups in total. The highest BCUT2D eigenvalue weighted by Crippen LogP contribution is 2.30. The third-order valence-electron chi connectivity index (χ3n) is 4.32. The minimum absolute atomic E-state index is 0.108. The van der Waals surface area contributed by atoms with Crippen LogP contribution in [0.25, 0.3) is 0 Å². The fraction of sp³-hybridized carbons (Fsp3) is 0.471. The van der Waals surface area contributed by atoms with Gasteiger partial charge in [-0.05, 0) is 31.9 Å². The van der Waals surface area contributed by atoms with Gasteiger partial charge in [0.15, 0.2) is 0 Å². The van der Waals surface area contributed by atoms with Gasteiger partial charge in [-0.2, -0.15) is 0 Å². The average molecular weight is 330 g/mol. The standard InChI is InChI=1S/C17H22N4OS/c1-12-8-14(20(2)3)9-15(19-12)13-4-6-21(7-5-13)17(22)16-10-18-11-23-16/h8-11,13H,4-7H2,1-3H3. The van der Waals surface area contributed by atoms with E-state index in [1.807, 2.05) is 11.8 Å². The highest BCUT2D eigenvalue weighted by Gasteiger charge is 2.26. The summed E-state index contributed by atoms with van der Waals surface area (Å²) in [6.45, 7) is 3.61. The summed E-state index contributed by atoms with van der Waals surface area (Å²) >= 11 is 1.41. The number of thiazole rings is 1. The Morgan fingerprint density at radius 2 is 2.04 bits per heavy atom. The minimum atomic E-state index is 0.108. The van der Waals surface area contributed by atoms with E-state index in [-0.39, 0.29) is 5.91 Å². The highest BCUT2D eigenvalue weighted by molar-refractivity contribution is 7.11. The molecule has 0 aliphatic carbocycles. The smallest absolute Gasteiger partial charge is 0.265 e. The fourth-order valence-electron chi connectivity index (χ4n) is 3.00. The number of likely N-dealkylation sites (tertiary alicyclic amines) is 1. The van der Waals surface area contributed by atoms with Crippen molar-refractivity contribution in [3.8, 4) is 0 Å². The zero-order chi connectivity index (χ0) is 16.4. The average Bonchev–Trinajstić information content (AvgIpc) is 3.08. The number of aromatic nitrogens is 2. The van der Waals surface area contributed by atoms with E-state index in [1.54, 1.807) is 11.7 Å². The molecule has 5 nitrogen and oxygen atoms in total. The van der Waals surface area contributed by atoms with Gasteiger partial charge >= 0.3 is 0 Å². The lowest BCUT2D eigenvalue weighted by Gasteiger charge is -2.32. The second-order valence-corrected chi connectivity index (χ2v) is 7.10. The third kappa shape index (κ3) is 3.52. The first-order valence-corrected chi connectivity index (χ1v) is 8.76. The van der Waals surface area contributed by atoms with Crippen molar-refractivity contribution in [1.29, 1.82) is 0 Å². The van der Waals surface area contributed by atoms with Crippen LogP contribution in [0, 0.1) is 6.92 Å². The number of pyridine rings is 1. The molecule has 0 radical (unpaired) electrons. The van der Waals surface area contributed by atoms with E-state index >= 15 is 0 Å². The molecule has 0 unspecified atom stereocenters. The van der Waals surface area contributed by atoms with Crippen LogP contribution >= 0.6 is 11.3 Å². The SMILES string of the molecule is Cc1cc(N(C)C)cc(C2CCN(C(=O)c3cncs3)CC2)n1. The molecule has 2 aromatic rings. The molecular weight excluding hydrogens is 308 g/mol. The molecule has 6 heteroatoms. The number of anilines is 1. The summed E-state index contributed by atoms with van der Waals surface area (Å²) in [4.78, 5) is 25.9. The van der Waals surface area contributed by atoms with Crippen molar-refractivity contribution in [3.05, 3.63) is 40.1 Å². The summed E-state index contributed by atoms with van der Waals surface area (Å²) in [7, 11) is 4.10. The van der Waals surface area contributed by atoms with E-state index in [0.717, 1.165) is 42.2 Å². The fourth-order valence-corrected chi connectivity index (χ4v) is 3.59. The predicted octanol–water partition coefficient (Wildman–Crippen LogP) is 2.93. The molecule has 0 aromatic carbocycles. The maximum Gasteiger partial charge on any atom is 0.265 e. The van der Waals surface area contributed by atoms with Gasteiger partial charge in [-0.1, -0.05) is 0 Å². The quantitative estimate of drug-likeness (QED) is 0.868. The van der Waals surface area contributed by atoms with Crippen LogP contribution in [0.2, 0.25) is 0 Å². The Kier molecular flexibility index (Phi) is 4.61. The molecule has 23 heavy (non-hydrogen) atoms. The summed E-state index contributed by atoms with van der Waals surface area (Å²) in [6.07, 6.45) is 3.59. The number of nitrogens with zero attached hydrogens (tertiary/aromatic N) is 4. The van der Waals surface area contributed by atoms with Gasteiger partial charge in [0.05, 0.1) is 11.7 Å². The molecule has 1 aliphatic heterocycles. The van der Waals surface area contributed by atoms with Crippen LogP contribution in [-0.4, -0.2) is 48.0 Å². The van der Waals surface area contributed by atoms with E-state index in [2.05, 4.69) is 36.1 Å². The lowest BCUT2D eigenvalue weighted by atomic mass is 9.92. The van der Waals surface area contributed by atoms with E-state index < -0.39 is 0 Å². The van der Waals surface area contributed by atoms with Crippen LogP contribution in [0.1, 0.15) is 39.8 Å². The molecule has 0 spiro atoms. The lowest BCUT2D eigenvalue weighted by molar-refractivity contribution is 0.0716. The highest BCUT2D eigenvalue weighted by atomic mass is 32.1. The van der Waals surface area contributed by atoms with Gasteiger partial charge in [-0.15, -0.1) is 11.3 Å². The van der Waals surface area contributed by atoms with Crippen LogP contribution in [-0.2, 0) is 0 Å². The van der Waals surface area contributed by atoms with Gasteiger partial charge in [0.1, 0.15) is 4.88 Å². The van der Waals surface area contributed by atoms with Crippen molar-refractivity contribution in [2.45, 2.75) is 25.7 Å². The molecule has 3 heterocycles. The zero-order valence-corrected chi connectivity index (χ0v) is 14.6. The molecule has 2 aromatic heterocycles. The van der Waals surface area contributed by atoms with Crippen molar-refractivity contribution in [2.75, 3.05) is 32.1 Å². The van der Waals surface area contributed by atoms with Crippen LogP contribution in [0.4, 0.5) is 5.69 Å². The summed E-state index contributed by atoms with van der Waals surface area (Å²) in [6, 6.07) is 4.28. The minimum Gasteiger partial charge on any atom is -0.378 e. The van der Waals surface area contributed by atoms with Crippen LogP contribution < -0.4 is 4.90 Å². The zero-order valence-electron chi connectivity index (χ0n) is 13.8. The molecule has 1 saturated heterocycles. The Hall–Kier alpha value is -1.95. The van der Waals surface area contributed by atoms with Gasteiger partial charge < -0.3 is 9.80 Å². The maximum absolute atomic E-state index is 12.4. The number of rotatable bonds is 3. The molecule has 1 aliphatic rings. The monoisotopic (exact) mass is 330 g/mol. The van der Waals surface area contributed by atoms with Gasteiger partial charge in [-0.25, -0.2) is 0 Å². The van der Waals surface area contributed by atoms with Crippen molar-refractivity contribution in [3.63, 3.8) is 0 Å². The van der Waals surface area contributed by atoms with Crippen molar-refractivity contribution >= 4 is 22.9 Å². The molecule has 1 fully saturated rings. The summed E-state index contributed by atoms with van der Waals surface area (Å²) in [5.41, 5.74) is 5.10. The van der Waals surface area contributed by atoms with Gasteiger partial charge in [-0.3, -0.25) is 14.8 Å². The molecular formula is C17H22N4OS. The Labute approximate surface area is 141 Å². The first-order chi connectivity index (χ1) is 11.0. The van der Waals surface area contributed by atoms with Gasteiger partial charge in [0, 0.05) is 50.2 Å². The van der Waals surface area contributed by atoms with Gasteiger partial charge in [0.2, 0.25) is 0 Å². The Bertz CT molecular complexity index is 676. The number of piperidine rings is 1. The molecule has 3 rings (SSSR count). The van der Waals surface area contributed by atoms with Crippen LogP contribution in [0.15, 0.2) is 23.8 Å². The number of hydrogen-bond acceptors (Lipinski definition) is 5. The topological polar surface area (TPSA) is 49.3 Å². The molecule has 0 bridgehead atoms. The van der Waals surface area contributed by atoms with Crippen molar-refractivity contribution in [1.82, 2.24) is 14.9 Å². The Morgan fingerprint density at radius 1 is 1.30 bits per heavy atom. The lowest BCUT2D eigenvalue weighted by Crippen LogP contribution is -2.37. The summed E-state index contributed by atoms with van der Waals surface area (Å²) in [5.74, 6) is 0.538. The van der Waals surface area contributed by atoms with E-state index in [9.17, 15) is 4.79 Å². The second-order valence-electron chi connectivity index (χ2n) is 6.22. The second kappa shape index (κ2) is 6.66. The number of aryl methyl sites for hydroxylation is 1. The van der Waals surface area contributed by atoms with E-state index in [0.29, 0.717) is 5.92 Å². The molecule has 0 saturated carbocycles. The molecule has 0 atom stereocenters. The predicted molar refractivity (Wildman–Crippen MR) is 93.3 cm³/mol. The van der Waals surface area contributed by atoms with Gasteiger partial charge in [0.25, 0.3) is 5.91 Å². The summed E-state index contributed by atoms with van der Waals surface area (Å²) < 4.78 is 0. The Balaban J connectivity index is 1.68. The molecule has 122 valence electrons. The van der Waals surface area contributed by atoms with Crippen LogP contribution in [0.5, 0.6) is 0 Å². The Morgan fingerprint density at radius 3 is 2.65 bits per heavy atom. The number of amides is 1. The maximum atomic E-state index is 12.4. The first kappa shape index (κ1) is 15.9. The number of hydrogen-bond donors (Lipinski definition) is 0. The summed E-state index contributed by atoms with van der Waals surface area (Å²) in [5, 5.41) is 0. The largest absolute Gasteiger partial charge is 0.378 e. The third-order valence-corrected chi connectivity index (χ3v) is 5.08. The van der Waals surface area contributed by atoms with Crippen molar-refractivity contribution < 1.29 is 4.79 Å². The number of carbonyl (C=O) groups is 1.